The number of methoxy groups -OCH3 is 1. The van der Waals surface area contributed by atoms with Crippen LogP contribution in [0.5, 0.6) is 23.0 Å². The molecule has 1 aliphatic heterocycles. The first-order valence-corrected chi connectivity index (χ1v) is 24.4. The zero-order chi connectivity index (χ0) is 46.8. The first-order valence-electron chi connectivity index (χ1n) is 24.4. The van der Waals surface area contributed by atoms with Crippen molar-refractivity contribution in [2.75, 3.05) is 40.6 Å². The molecule has 2 aromatic rings. The van der Waals surface area contributed by atoms with Gasteiger partial charge >= 0.3 is 6.09 Å². The summed E-state index contributed by atoms with van der Waals surface area (Å²) in [5.74, 6) is 0.102. The predicted molar refractivity (Wildman–Crippen MR) is 255 cm³/mol. The number of rotatable bonds is 28. The van der Waals surface area contributed by atoms with Crippen molar-refractivity contribution in [2.45, 2.75) is 160 Å². The largest absolute Gasteiger partial charge is 0.496 e. The van der Waals surface area contributed by atoms with E-state index in [1.165, 1.54) is 52.1 Å². The van der Waals surface area contributed by atoms with Gasteiger partial charge in [-0.15, -0.1) is 6.58 Å². The summed E-state index contributed by atoms with van der Waals surface area (Å²) >= 11 is 0. The van der Waals surface area contributed by atoms with Crippen LogP contribution in [-0.2, 0) is 14.3 Å². The molecule has 2 N–H and O–H groups in total. The number of fused-ring (bicyclic) bond motifs is 2. The molecule has 2 aromatic carbocycles. The highest BCUT2D eigenvalue weighted by atomic mass is 16.7. The van der Waals surface area contributed by atoms with Crippen molar-refractivity contribution in [1.29, 1.82) is 0 Å². The van der Waals surface area contributed by atoms with Gasteiger partial charge in [0, 0.05) is 38.2 Å². The Balaban J connectivity index is 1.57. The third kappa shape index (κ3) is 13.6. The molecule has 3 aliphatic rings. The van der Waals surface area contributed by atoms with Crippen molar-refractivity contribution in [3.8, 4) is 23.0 Å². The topological polar surface area (TPSA) is 146 Å². The number of carbonyl (C=O) groups excluding carboxylic acids is 2. The van der Waals surface area contributed by atoms with E-state index in [9.17, 15) is 19.8 Å². The third-order valence-electron chi connectivity index (χ3n) is 13.1. The summed E-state index contributed by atoms with van der Waals surface area (Å²) in [7, 11) is 3.28. The van der Waals surface area contributed by atoms with Gasteiger partial charge in [-0.3, -0.25) is 4.79 Å². The number of carbonyl (C=O) groups is 2. The van der Waals surface area contributed by atoms with E-state index in [1.54, 1.807) is 36.2 Å². The monoisotopic (exact) mass is 903 g/mol. The summed E-state index contributed by atoms with van der Waals surface area (Å²) in [5, 5.41) is 24.8. The van der Waals surface area contributed by atoms with E-state index >= 15 is 0 Å². The zero-order valence-electron chi connectivity index (χ0n) is 40.2. The number of benzene rings is 2. The van der Waals surface area contributed by atoms with E-state index in [2.05, 4.69) is 19.6 Å². The molecule has 65 heavy (non-hydrogen) atoms. The maximum atomic E-state index is 14.2. The maximum Gasteiger partial charge on any atom is 0.409 e. The number of nitrogens with zero attached hydrogens (tertiary/aromatic N) is 2. The van der Waals surface area contributed by atoms with Gasteiger partial charge in [-0.1, -0.05) is 94.9 Å². The van der Waals surface area contributed by atoms with Crippen LogP contribution in [0.25, 0.3) is 0 Å². The van der Waals surface area contributed by atoms with Crippen LogP contribution in [-0.4, -0.2) is 91.2 Å². The highest BCUT2D eigenvalue weighted by Gasteiger charge is 2.65. The molecule has 1 fully saturated rings. The molecule has 0 radical (unpaired) electrons. The Labute approximate surface area is 388 Å². The fourth-order valence-corrected chi connectivity index (χ4v) is 9.97. The summed E-state index contributed by atoms with van der Waals surface area (Å²) in [6.45, 7) is 12.8. The molecule has 1 saturated carbocycles. The number of hydrogen-bond acceptors (Lipinski definition) is 11. The van der Waals surface area contributed by atoms with Gasteiger partial charge in [-0.2, -0.15) is 0 Å². The van der Waals surface area contributed by atoms with E-state index in [0.717, 1.165) is 62.4 Å². The van der Waals surface area contributed by atoms with Gasteiger partial charge in [0.1, 0.15) is 34.6 Å². The number of likely N-dealkylation sites (N-methyl/N-ethyl adjacent to an activating group) is 1. The van der Waals surface area contributed by atoms with Gasteiger partial charge in [-0.25, -0.2) is 4.79 Å². The van der Waals surface area contributed by atoms with Gasteiger partial charge in [0.15, 0.2) is 6.29 Å². The van der Waals surface area contributed by atoms with Crippen molar-refractivity contribution in [1.82, 2.24) is 4.90 Å². The Morgan fingerprint density at radius 2 is 1.58 bits per heavy atom. The summed E-state index contributed by atoms with van der Waals surface area (Å²) in [6.07, 6.45) is 21.0. The molecule has 2 aliphatic carbocycles. The van der Waals surface area contributed by atoms with Crippen LogP contribution < -0.4 is 14.2 Å². The van der Waals surface area contributed by atoms with E-state index in [4.69, 9.17) is 33.7 Å². The number of unbranched alkanes of at least 4 members (excludes halogenated alkanes) is 11. The smallest absolute Gasteiger partial charge is 0.409 e. The second-order valence-corrected chi connectivity index (χ2v) is 19.0. The number of aldehydes is 1. The quantitative estimate of drug-likeness (QED) is 0.0366. The Bertz CT molecular complexity index is 1890. The molecule has 12 nitrogen and oxygen atoms in total. The SMILES string of the molecule is C=CCO[C@@]12Oc3ccc(Oc4ccc(OC)c(C=O)c4)cc3[C@H]3[C@H](CCCCO)[C@@H](CCCCO)C=C(C(=NOC(C)(C)C)C[C@@H]1N(C)C(=O)OCCCCCCCCCCCC)[C@H]32. The lowest BCUT2D eigenvalue weighted by molar-refractivity contribution is -0.253. The lowest BCUT2D eigenvalue weighted by Gasteiger charge is -2.59. The van der Waals surface area contributed by atoms with Crippen LogP contribution in [0.15, 0.2) is 65.9 Å². The van der Waals surface area contributed by atoms with Gasteiger partial charge in [0.2, 0.25) is 5.79 Å². The average Bonchev–Trinajstić information content (AvgIpc) is 3.29. The third-order valence-corrected chi connectivity index (χ3v) is 13.1. The molecule has 5 rings (SSSR count). The molecule has 1 amide bonds. The van der Waals surface area contributed by atoms with E-state index in [-0.39, 0.29) is 44.0 Å². The first-order chi connectivity index (χ1) is 31.4. The molecule has 0 aromatic heterocycles. The molecule has 0 bridgehead atoms. The van der Waals surface area contributed by atoms with Crippen molar-refractivity contribution in [2.24, 2.45) is 22.9 Å². The van der Waals surface area contributed by atoms with Crippen molar-refractivity contribution in [3.63, 3.8) is 0 Å². The van der Waals surface area contributed by atoms with E-state index in [1.807, 2.05) is 39.0 Å². The summed E-state index contributed by atoms with van der Waals surface area (Å²) in [5.41, 5.74) is 2.36. The number of amides is 1. The fraction of sp³-hybridized carbons (Fsp3) is 0.642. The molecule has 0 spiro atoms. The Morgan fingerprint density at radius 1 is 0.923 bits per heavy atom. The van der Waals surface area contributed by atoms with Crippen LogP contribution >= 0.6 is 0 Å². The number of hydrogen-bond donors (Lipinski definition) is 2. The summed E-state index contributed by atoms with van der Waals surface area (Å²) in [6, 6.07) is 10.2. The standard InChI is InChI=1S/C53H78N2O10/c1-8-10-11-12-13-14-15-16-17-22-32-61-51(59)55(6)48-36-45(54-65-52(3,4)5)43-34-38(23-18-20-29-56)42(24-19-21-30-57)49-44-35-41(63-40-25-27-46(60-7)39(33-40)37-58)26-28-47(44)64-53(48,50(43)49)62-31-9-2/h9,25-28,33-35,37-38,42,48-50,56-57H,2,8,10-24,29-32,36H2,1,3-7H3/t38-,42+,48-,49+,50+,53+/m0/s1. The summed E-state index contributed by atoms with van der Waals surface area (Å²) < 4.78 is 32.2. The lowest BCUT2D eigenvalue weighted by atomic mass is 9.55. The summed E-state index contributed by atoms with van der Waals surface area (Å²) in [4.78, 5) is 34.0. The van der Waals surface area contributed by atoms with Crippen LogP contribution in [0, 0.1) is 17.8 Å². The molecular formula is C53H78N2O10. The van der Waals surface area contributed by atoms with Crippen molar-refractivity contribution < 1.29 is 48.3 Å². The highest BCUT2D eigenvalue weighted by molar-refractivity contribution is 6.03. The van der Waals surface area contributed by atoms with Gasteiger partial charge in [-0.05, 0) is 107 Å². The predicted octanol–water partition coefficient (Wildman–Crippen LogP) is 11.7. The van der Waals surface area contributed by atoms with Crippen LogP contribution in [0.3, 0.4) is 0 Å². The second kappa shape index (κ2) is 25.5. The molecule has 0 saturated heterocycles. The molecule has 360 valence electrons. The number of allylic oxidation sites excluding steroid dienone is 1. The molecule has 0 unspecified atom stereocenters. The van der Waals surface area contributed by atoms with Crippen LogP contribution in [0.4, 0.5) is 4.79 Å². The fourth-order valence-electron chi connectivity index (χ4n) is 9.97. The molecular weight excluding hydrogens is 825 g/mol. The van der Waals surface area contributed by atoms with Crippen molar-refractivity contribution >= 4 is 18.1 Å². The number of aliphatic hydroxyl groups excluding tert-OH is 2. The van der Waals surface area contributed by atoms with Crippen molar-refractivity contribution in [3.05, 3.63) is 71.8 Å². The molecule has 6 atom stereocenters. The Hall–Kier alpha value is -4.39. The second-order valence-electron chi connectivity index (χ2n) is 19.0. The Morgan fingerprint density at radius 3 is 2.23 bits per heavy atom. The average molecular weight is 903 g/mol. The van der Waals surface area contributed by atoms with E-state index in [0.29, 0.717) is 53.7 Å². The number of ether oxygens (including phenoxy) is 5. The maximum absolute atomic E-state index is 14.2. The minimum atomic E-state index is -1.40. The van der Waals surface area contributed by atoms with Gasteiger partial charge in [0.05, 0.1) is 37.5 Å². The number of aliphatic hydroxyl groups is 2. The van der Waals surface area contributed by atoms with Crippen LogP contribution in [0.2, 0.25) is 0 Å². The van der Waals surface area contributed by atoms with Gasteiger partial charge < -0.3 is 43.6 Å². The van der Waals surface area contributed by atoms with Crippen LogP contribution in [0.1, 0.15) is 159 Å². The zero-order valence-corrected chi connectivity index (χ0v) is 40.2. The number of oxime groups is 1. The lowest BCUT2D eigenvalue weighted by Crippen LogP contribution is -2.69. The Kier molecular flexibility index (Phi) is 20.2. The minimum absolute atomic E-state index is 0.0402. The van der Waals surface area contributed by atoms with Gasteiger partial charge in [0.25, 0.3) is 0 Å². The highest BCUT2D eigenvalue weighted by Crippen LogP contribution is 2.62. The molecule has 12 heteroatoms. The minimum Gasteiger partial charge on any atom is -0.496 e. The van der Waals surface area contributed by atoms with E-state index < -0.39 is 29.4 Å². The normalized spacial score (nSPS) is 22.8. The first kappa shape index (κ1) is 51.6. The molecule has 1 heterocycles.